The largest absolute Gasteiger partial charge is 0.348 e. The number of carbonyl (C=O) groups is 1. The SMILES string of the molecule is CC[C@@H](C)Sc1nnc(CNC(=O)C23CC4CC(CC(C4)C2)C3)n1C1CCCCC1. The molecule has 1 amide bonds. The Labute approximate surface area is 185 Å². The Hall–Kier alpha value is -1.04. The third kappa shape index (κ3) is 3.93. The molecule has 5 nitrogen and oxygen atoms in total. The third-order valence-electron chi connectivity index (χ3n) is 8.48. The Morgan fingerprint density at radius 2 is 1.73 bits per heavy atom. The fraction of sp³-hybridized carbons (Fsp3) is 0.875. The number of amides is 1. The second kappa shape index (κ2) is 8.48. The number of hydrogen-bond acceptors (Lipinski definition) is 4. The Kier molecular flexibility index (Phi) is 5.89. The van der Waals surface area contributed by atoms with Crippen molar-refractivity contribution in [3.8, 4) is 0 Å². The molecule has 5 aliphatic rings. The van der Waals surface area contributed by atoms with Gasteiger partial charge in [-0.15, -0.1) is 10.2 Å². The highest BCUT2D eigenvalue weighted by Gasteiger charge is 2.54. The summed E-state index contributed by atoms with van der Waals surface area (Å²) in [7, 11) is 0. The van der Waals surface area contributed by atoms with Crippen LogP contribution in [0.3, 0.4) is 0 Å². The van der Waals surface area contributed by atoms with E-state index in [2.05, 4.69) is 33.9 Å². The van der Waals surface area contributed by atoms with E-state index in [4.69, 9.17) is 0 Å². The molecule has 0 unspecified atom stereocenters. The quantitative estimate of drug-likeness (QED) is 0.580. The monoisotopic (exact) mass is 430 g/mol. The number of carbonyl (C=O) groups excluding carboxylic acids is 1. The Morgan fingerprint density at radius 1 is 1.10 bits per heavy atom. The average molecular weight is 431 g/mol. The molecule has 5 saturated carbocycles. The van der Waals surface area contributed by atoms with E-state index in [0.717, 1.165) is 54.4 Å². The molecule has 1 aromatic rings. The van der Waals surface area contributed by atoms with E-state index in [-0.39, 0.29) is 5.41 Å². The molecule has 1 N–H and O–H groups in total. The molecule has 1 heterocycles. The van der Waals surface area contributed by atoms with Crippen molar-refractivity contribution in [1.29, 1.82) is 0 Å². The molecule has 0 spiro atoms. The van der Waals surface area contributed by atoms with Crippen LogP contribution < -0.4 is 5.32 Å². The van der Waals surface area contributed by atoms with Gasteiger partial charge in [-0.2, -0.15) is 0 Å². The van der Waals surface area contributed by atoms with E-state index in [0.29, 0.717) is 23.7 Å². The molecule has 6 rings (SSSR count). The van der Waals surface area contributed by atoms with E-state index in [9.17, 15) is 4.79 Å². The molecule has 166 valence electrons. The maximum atomic E-state index is 13.4. The lowest BCUT2D eigenvalue weighted by molar-refractivity contribution is -0.146. The lowest BCUT2D eigenvalue weighted by Gasteiger charge is -2.55. The Balaban J connectivity index is 1.31. The van der Waals surface area contributed by atoms with Crippen LogP contribution in [-0.2, 0) is 11.3 Å². The van der Waals surface area contributed by atoms with Crippen LogP contribution in [0, 0.1) is 23.2 Å². The molecule has 5 aliphatic carbocycles. The molecule has 30 heavy (non-hydrogen) atoms. The zero-order valence-corrected chi connectivity index (χ0v) is 19.6. The van der Waals surface area contributed by atoms with Crippen molar-refractivity contribution in [2.45, 2.75) is 114 Å². The van der Waals surface area contributed by atoms with Gasteiger partial charge in [0.2, 0.25) is 5.91 Å². The average Bonchev–Trinajstić information content (AvgIpc) is 3.13. The fourth-order valence-corrected chi connectivity index (χ4v) is 8.20. The molecule has 0 saturated heterocycles. The fourth-order valence-electron chi connectivity index (χ4n) is 7.21. The van der Waals surface area contributed by atoms with Crippen LogP contribution in [0.2, 0.25) is 0 Å². The zero-order valence-electron chi connectivity index (χ0n) is 18.7. The first-order valence-corrected chi connectivity index (χ1v) is 13.3. The molecule has 0 aliphatic heterocycles. The molecular weight excluding hydrogens is 392 g/mol. The van der Waals surface area contributed by atoms with Crippen molar-refractivity contribution in [3.63, 3.8) is 0 Å². The molecule has 0 radical (unpaired) electrons. The molecule has 1 aromatic heterocycles. The predicted molar refractivity (Wildman–Crippen MR) is 120 cm³/mol. The standard InChI is InChI=1S/C24H38N4OS/c1-3-16(2)30-23-27-26-21(28(23)20-7-5-4-6-8-20)15-25-22(29)24-12-17-9-18(13-24)11-19(10-17)14-24/h16-20H,3-15H2,1-2H3,(H,25,29)/t16-,17?,18?,19?,24?/m1/s1. The summed E-state index contributed by atoms with van der Waals surface area (Å²) in [6, 6.07) is 0.492. The predicted octanol–water partition coefficient (Wildman–Crippen LogP) is 5.51. The number of nitrogens with one attached hydrogen (secondary N) is 1. The molecule has 5 fully saturated rings. The topological polar surface area (TPSA) is 59.8 Å². The summed E-state index contributed by atoms with van der Waals surface area (Å²) in [5, 5.41) is 14.1. The van der Waals surface area contributed by atoms with Gasteiger partial charge in [0.05, 0.1) is 6.54 Å². The molecule has 4 bridgehead atoms. The third-order valence-corrected chi connectivity index (χ3v) is 9.71. The minimum Gasteiger partial charge on any atom is -0.348 e. The van der Waals surface area contributed by atoms with Crippen molar-refractivity contribution in [1.82, 2.24) is 20.1 Å². The van der Waals surface area contributed by atoms with Crippen LogP contribution >= 0.6 is 11.8 Å². The first-order chi connectivity index (χ1) is 14.6. The van der Waals surface area contributed by atoms with Gasteiger partial charge in [0.15, 0.2) is 11.0 Å². The molecule has 0 aromatic carbocycles. The normalized spacial score (nSPS) is 34.3. The van der Waals surface area contributed by atoms with E-state index in [1.807, 2.05) is 11.8 Å². The van der Waals surface area contributed by atoms with Crippen LogP contribution in [0.1, 0.15) is 103 Å². The van der Waals surface area contributed by atoms with Gasteiger partial charge >= 0.3 is 0 Å². The number of rotatable bonds is 7. The zero-order chi connectivity index (χ0) is 20.7. The van der Waals surface area contributed by atoms with Crippen molar-refractivity contribution in [2.75, 3.05) is 0 Å². The second-order valence-corrected chi connectivity index (χ2v) is 12.2. The summed E-state index contributed by atoms with van der Waals surface area (Å²) < 4.78 is 2.38. The number of nitrogens with zero attached hydrogens (tertiary/aromatic N) is 3. The van der Waals surface area contributed by atoms with Crippen molar-refractivity contribution >= 4 is 17.7 Å². The van der Waals surface area contributed by atoms with Crippen molar-refractivity contribution in [2.24, 2.45) is 23.2 Å². The van der Waals surface area contributed by atoms with Gasteiger partial charge in [-0.25, -0.2) is 0 Å². The minimum absolute atomic E-state index is 0.0846. The Bertz CT molecular complexity index is 734. The van der Waals surface area contributed by atoms with Gasteiger partial charge in [0.1, 0.15) is 0 Å². The highest BCUT2D eigenvalue weighted by molar-refractivity contribution is 7.99. The van der Waals surface area contributed by atoms with E-state index >= 15 is 0 Å². The van der Waals surface area contributed by atoms with Crippen LogP contribution in [0.5, 0.6) is 0 Å². The van der Waals surface area contributed by atoms with Crippen LogP contribution in [-0.4, -0.2) is 25.9 Å². The van der Waals surface area contributed by atoms with Crippen LogP contribution in [0.15, 0.2) is 5.16 Å². The summed E-state index contributed by atoms with van der Waals surface area (Å²) in [5.41, 5.74) is -0.0846. The summed E-state index contributed by atoms with van der Waals surface area (Å²) >= 11 is 1.84. The summed E-state index contributed by atoms with van der Waals surface area (Å²) in [5.74, 6) is 3.66. The van der Waals surface area contributed by atoms with Gasteiger partial charge in [-0.3, -0.25) is 4.79 Å². The highest BCUT2D eigenvalue weighted by atomic mass is 32.2. The minimum atomic E-state index is -0.0846. The highest BCUT2D eigenvalue weighted by Crippen LogP contribution is 2.60. The first-order valence-electron chi connectivity index (χ1n) is 12.4. The van der Waals surface area contributed by atoms with E-state index in [1.54, 1.807) is 0 Å². The van der Waals surface area contributed by atoms with Gasteiger partial charge < -0.3 is 9.88 Å². The van der Waals surface area contributed by atoms with Gasteiger partial charge in [0, 0.05) is 16.7 Å². The smallest absolute Gasteiger partial charge is 0.226 e. The lowest BCUT2D eigenvalue weighted by atomic mass is 9.49. The summed E-state index contributed by atoms with van der Waals surface area (Å²) in [6.45, 7) is 5.02. The maximum Gasteiger partial charge on any atom is 0.226 e. The van der Waals surface area contributed by atoms with E-state index < -0.39 is 0 Å². The van der Waals surface area contributed by atoms with Gasteiger partial charge in [0.25, 0.3) is 0 Å². The number of thioether (sulfide) groups is 1. The second-order valence-electron chi connectivity index (χ2n) is 10.8. The Morgan fingerprint density at radius 3 is 2.33 bits per heavy atom. The molecule has 1 atom stereocenters. The molecule has 6 heteroatoms. The molecular formula is C24H38N4OS. The van der Waals surface area contributed by atoms with Gasteiger partial charge in [-0.1, -0.05) is 44.9 Å². The first kappa shape index (κ1) is 20.8. The summed E-state index contributed by atoms with van der Waals surface area (Å²) in [4.78, 5) is 13.4. The van der Waals surface area contributed by atoms with Crippen LogP contribution in [0.4, 0.5) is 0 Å². The lowest BCUT2D eigenvalue weighted by Crippen LogP contribution is -2.53. The number of aromatic nitrogens is 3. The number of hydrogen-bond donors (Lipinski definition) is 1. The van der Waals surface area contributed by atoms with Crippen molar-refractivity contribution in [3.05, 3.63) is 5.82 Å². The van der Waals surface area contributed by atoms with Crippen molar-refractivity contribution < 1.29 is 4.79 Å². The summed E-state index contributed by atoms with van der Waals surface area (Å²) in [6.07, 6.45) is 14.9. The van der Waals surface area contributed by atoms with Crippen LogP contribution in [0.25, 0.3) is 0 Å². The maximum absolute atomic E-state index is 13.4. The van der Waals surface area contributed by atoms with E-state index in [1.165, 1.54) is 51.4 Å². The van der Waals surface area contributed by atoms with Gasteiger partial charge in [-0.05, 0) is 75.5 Å².